The minimum atomic E-state index is 0.204. The fourth-order valence-corrected chi connectivity index (χ4v) is 1.94. The standard InChI is InChI=1S/C16H21NO2/c1-12-5-4-6-15(11-12)18-10-9-17-14(3)16-8-7-13(2)19-16/h4-8,11,14,17H,9-10H2,1-3H3. The van der Waals surface area contributed by atoms with E-state index in [2.05, 4.69) is 25.2 Å². The van der Waals surface area contributed by atoms with Crippen molar-refractivity contribution in [2.24, 2.45) is 0 Å². The van der Waals surface area contributed by atoms with Crippen LogP contribution in [0.25, 0.3) is 0 Å². The smallest absolute Gasteiger partial charge is 0.120 e. The van der Waals surface area contributed by atoms with Crippen LogP contribution in [-0.2, 0) is 0 Å². The quantitative estimate of drug-likeness (QED) is 0.804. The summed E-state index contributed by atoms with van der Waals surface area (Å²) in [4.78, 5) is 0. The van der Waals surface area contributed by atoms with Crippen molar-refractivity contribution in [3.05, 3.63) is 53.5 Å². The van der Waals surface area contributed by atoms with Gasteiger partial charge in [-0.2, -0.15) is 0 Å². The van der Waals surface area contributed by atoms with E-state index in [0.717, 1.165) is 23.8 Å². The van der Waals surface area contributed by atoms with Crippen LogP contribution in [0.1, 0.15) is 30.0 Å². The first kappa shape index (κ1) is 13.7. The number of hydrogen-bond donors (Lipinski definition) is 1. The molecular formula is C16H21NO2. The summed E-state index contributed by atoms with van der Waals surface area (Å²) in [6.07, 6.45) is 0. The van der Waals surface area contributed by atoms with Gasteiger partial charge in [0.15, 0.2) is 0 Å². The summed E-state index contributed by atoms with van der Waals surface area (Å²) in [6, 6.07) is 12.3. The van der Waals surface area contributed by atoms with Gasteiger partial charge in [0.1, 0.15) is 23.9 Å². The van der Waals surface area contributed by atoms with Crippen molar-refractivity contribution >= 4 is 0 Å². The van der Waals surface area contributed by atoms with Crippen LogP contribution in [0.15, 0.2) is 40.8 Å². The van der Waals surface area contributed by atoms with Crippen LogP contribution in [0.4, 0.5) is 0 Å². The van der Waals surface area contributed by atoms with E-state index in [1.165, 1.54) is 5.56 Å². The summed E-state index contributed by atoms with van der Waals surface area (Å²) in [7, 11) is 0. The van der Waals surface area contributed by atoms with Crippen molar-refractivity contribution in [1.82, 2.24) is 5.32 Å². The lowest BCUT2D eigenvalue weighted by molar-refractivity contribution is 0.301. The highest BCUT2D eigenvalue weighted by molar-refractivity contribution is 5.27. The molecular weight excluding hydrogens is 238 g/mol. The molecule has 0 aliphatic rings. The normalized spacial score (nSPS) is 12.4. The number of ether oxygens (including phenoxy) is 1. The van der Waals surface area contributed by atoms with Crippen LogP contribution >= 0.6 is 0 Å². The summed E-state index contributed by atoms with van der Waals surface area (Å²) in [5.74, 6) is 2.83. The van der Waals surface area contributed by atoms with Gasteiger partial charge in [-0.3, -0.25) is 0 Å². The van der Waals surface area contributed by atoms with E-state index in [4.69, 9.17) is 9.15 Å². The predicted molar refractivity (Wildman–Crippen MR) is 76.5 cm³/mol. The summed E-state index contributed by atoms with van der Waals surface area (Å²) in [6.45, 7) is 7.54. The van der Waals surface area contributed by atoms with Crippen molar-refractivity contribution in [3.8, 4) is 5.75 Å². The first-order valence-electron chi connectivity index (χ1n) is 6.64. The average Bonchev–Trinajstić information content (AvgIpc) is 2.81. The number of aryl methyl sites for hydroxylation is 2. The molecule has 0 spiro atoms. The van der Waals surface area contributed by atoms with E-state index in [-0.39, 0.29) is 6.04 Å². The Bertz CT molecular complexity index is 519. The van der Waals surface area contributed by atoms with Crippen molar-refractivity contribution < 1.29 is 9.15 Å². The Balaban J connectivity index is 1.72. The molecule has 0 radical (unpaired) electrons. The highest BCUT2D eigenvalue weighted by atomic mass is 16.5. The van der Waals surface area contributed by atoms with Gasteiger partial charge in [0.05, 0.1) is 6.04 Å². The average molecular weight is 259 g/mol. The van der Waals surface area contributed by atoms with E-state index in [9.17, 15) is 0 Å². The van der Waals surface area contributed by atoms with Crippen LogP contribution in [-0.4, -0.2) is 13.2 Å². The van der Waals surface area contributed by atoms with Crippen molar-refractivity contribution in [1.29, 1.82) is 0 Å². The van der Waals surface area contributed by atoms with Gasteiger partial charge in [-0.25, -0.2) is 0 Å². The largest absolute Gasteiger partial charge is 0.492 e. The van der Waals surface area contributed by atoms with Crippen LogP contribution in [0.2, 0.25) is 0 Å². The fraction of sp³-hybridized carbons (Fsp3) is 0.375. The number of nitrogens with one attached hydrogen (secondary N) is 1. The molecule has 1 atom stereocenters. The molecule has 0 aliphatic heterocycles. The van der Waals surface area contributed by atoms with Crippen LogP contribution in [0, 0.1) is 13.8 Å². The molecule has 1 unspecified atom stereocenters. The van der Waals surface area contributed by atoms with Gasteiger partial charge in [-0.1, -0.05) is 12.1 Å². The van der Waals surface area contributed by atoms with Gasteiger partial charge < -0.3 is 14.5 Å². The third-order valence-corrected chi connectivity index (χ3v) is 3.00. The molecule has 0 fully saturated rings. The second-order valence-corrected chi connectivity index (χ2v) is 4.79. The molecule has 0 saturated carbocycles. The summed E-state index contributed by atoms with van der Waals surface area (Å²) in [5, 5.41) is 3.38. The van der Waals surface area contributed by atoms with Crippen molar-refractivity contribution in [2.75, 3.05) is 13.2 Å². The lowest BCUT2D eigenvalue weighted by Crippen LogP contribution is -2.24. The Morgan fingerprint density at radius 2 is 2.05 bits per heavy atom. The predicted octanol–water partition coefficient (Wildman–Crippen LogP) is 3.63. The lowest BCUT2D eigenvalue weighted by atomic mass is 10.2. The summed E-state index contributed by atoms with van der Waals surface area (Å²) >= 11 is 0. The maximum absolute atomic E-state index is 5.69. The topological polar surface area (TPSA) is 34.4 Å². The Morgan fingerprint density at radius 3 is 2.74 bits per heavy atom. The molecule has 3 heteroatoms. The highest BCUT2D eigenvalue weighted by Gasteiger charge is 2.08. The zero-order valence-electron chi connectivity index (χ0n) is 11.8. The molecule has 1 aromatic carbocycles. The minimum absolute atomic E-state index is 0.204. The molecule has 0 amide bonds. The van der Waals surface area contributed by atoms with Crippen LogP contribution in [0.5, 0.6) is 5.75 Å². The molecule has 1 N–H and O–H groups in total. The Hall–Kier alpha value is -1.74. The molecule has 19 heavy (non-hydrogen) atoms. The first-order valence-corrected chi connectivity index (χ1v) is 6.64. The van der Waals surface area contributed by atoms with Gasteiger partial charge in [-0.15, -0.1) is 0 Å². The Morgan fingerprint density at radius 1 is 1.21 bits per heavy atom. The SMILES string of the molecule is Cc1cccc(OCCNC(C)c2ccc(C)o2)c1. The summed E-state index contributed by atoms with van der Waals surface area (Å²) < 4.78 is 11.3. The van der Waals surface area contributed by atoms with Crippen molar-refractivity contribution in [2.45, 2.75) is 26.8 Å². The van der Waals surface area contributed by atoms with Gasteiger partial charge in [0.25, 0.3) is 0 Å². The lowest BCUT2D eigenvalue weighted by Gasteiger charge is -2.12. The van der Waals surface area contributed by atoms with Crippen LogP contribution < -0.4 is 10.1 Å². The van der Waals surface area contributed by atoms with Gasteiger partial charge in [0.2, 0.25) is 0 Å². The zero-order chi connectivity index (χ0) is 13.7. The zero-order valence-corrected chi connectivity index (χ0v) is 11.8. The Labute approximate surface area is 114 Å². The Kier molecular flexibility index (Phi) is 4.63. The van der Waals surface area contributed by atoms with E-state index >= 15 is 0 Å². The minimum Gasteiger partial charge on any atom is -0.492 e. The molecule has 2 rings (SSSR count). The second-order valence-electron chi connectivity index (χ2n) is 4.79. The summed E-state index contributed by atoms with van der Waals surface area (Å²) in [5.41, 5.74) is 1.21. The number of furan rings is 1. The van der Waals surface area contributed by atoms with E-state index in [1.807, 2.05) is 37.3 Å². The van der Waals surface area contributed by atoms with E-state index in [0.29, 0.717) is 6.61 Å². The monoisotopic (exact) mass is 259 g/mol. The van der Waals surface area contributed by atoms with E-state index in [1.54, 1.807) is 0 Å². The molecule has 0 saturated heterocycles. The molecule has 1 aromatic heterocycles. The highest BCUT2D eigenvalue weighted by Crippen LogP contribution is 2.15. The molecule has 1 heterocycles. The third-order valence-electron chi connectivity index (χ3n) is 3.00. The molecule has 102 valence electrons. The van der Waals surface area contributed by atoms with E-state index < -0.39 is 0 Å². The molecule has 0 bridgehead atoms. The molecule has 2 aromatic rings. The van der Waals surface area contributed by atoms with Gasteiger partial charge in [0, 0.05) is 6.54 Å². The number of rotatable bonds is 6. The fourth-order valence-electron chi connectivity index (χ4n) is 1.94. The molecule has 0 aliphatic carbocycles. The van der Waals surface area contributed by atoms with Crippen molar-refractivity contribution in [3.63, 3.8) is 0 Å². The van der Waals surface area contributed by atoms with Gasteiger partial charge in [-0.05, 0) is 50.6 Å². The van der Waals surface area contributed by atoms with Gasteiger partial charge >= 0.3 is 0 Å². The number of hydrogen-bond acceptors (Lipinski definition) is 3. The maximum atomic E-state index is 5.69. The molecule has 3 nitrogen and oxygen atoms in total. The number of benzene rings is 1. The maximum Gasteiger partial charge on any atom is 0.120 e. The second kappa shape index (κ2) is 6.43. The third kappa shape index (κ3) is 4.14. The van der Waals surface area contributed by atoms with Crippen LogP contribution in [0.3, 0.4) is 0 Å². The first-order chi connectivity index (χ1) is 9.15.